The minimum absolute atomic E-state index is 0.180. The number of hydrogen-bond donors (Lipinski definition) is 2. The van der Waals surface area contributed by atoms with E-state index in [9.17, 15) is 14.5 Å². The van der Waals surface area contributed by atoms with E-state index in [1.807, 2.05) is 0 Å². The SMILES string of the molecule is O=NNCCCC(OC(=O)CCC(=O)O)c1cccnc1. The number of pyridine rings is 1. The van der Waals surface area contributed by atoms with Crippen LogP contribution < -0.4 is 5.43 Å². The van der Waals surface area contributed by atoms with E-state index in [-0.39, 0.29) is 12.8 Å². The molecular formula is C13H17N3O5. The summed E-state index contributed by atoms with van der Waals surface area (Å²) in [5.74, 6) is -1.63. The van der Waals surface area contributed by atoms with E-state index in [1.165, 1.54) is 0 Å². The van der Waals surface area contributed by atoms with Gasteiger partial charge >= 0.3 is 11.9 Å². The Balaban J connectivity index is 2.57. The number of carboxylic acid groups (broad SMARTS) is 1. The van der Waals surface area contributed by atoms with Gasteiger partial charge in [-0.2, -0.15) is 0 Å². The highest BCUT2D eigenvalue weighted by atomic mass is 16.5. The molecule has 1 unspecified atom stereocenters. The molecule has 1 aromatic rings. The van der Waals surface area contributed by atoms with Crippen LogP contribution in [-0.4, -0.2) is 28.6 Å². The fraction of sp³-hybridized carbons (Fsp3) is 0.462. The molecule has 114 valence electrons. The van der Waals surface area contributed by atoms with Gasteiger partial charge in [-0.3, -0.25) is 20.0 Å². The first-order valence-electron chi connectivity index (χ1n) is 6.50. The van der Waals surface area contributed by atoms with Gasteiger partial charge in [0.25, 0.3) is 0 Å². The number of nitrogens with one attached hydrogen (secondary N) is 1. The molecule has 1 aromatic heterocycles. The molecule has 0 aliphatic carbocycles. The molecule has 0 saturated heterocycles. The zero-order valence-corrected chi connectivity index (χ0v) is 11.4. The van der Waals surface area contributed by atoms with Gasteiger partial charge in [-0.05, 0) is 18.9 Å². The third-order valence-corrected chi connectivity index (χ3v) is 2.69. The number of rotatable bonds is 10. The molecule has 1 atom stereocenters. The molecule has 0 amide bonds. The van der Waals surface area contributed by atoms with Crippen LogP contribution in [0, 0.1) is 4.91 Å². The van der Waals surface area contributed by atoms with Crippen LogP contribution in [0.3, 0.4) is 0 Å². The lowest BCUT2D eigenvalue weighted by Gasteiger charge is -2.17. The van der Waals surface area contributed by atoms with E-state index in [2.05, 4.69) is 15.7 Å². The third-order valence-electron chi connectivity index (χ3n) is 2.69. The van der Waals surface area contributed by atoms with E-state index >= 15 is 0 Å². The molecule has 8 nitrogen and oxygen atoms in total. The second-order valence-electron chi connectivity index (χ2n) is 4.30. The van der Waals surface area contributed by atoms with Crippen molar-refractivity contribution >= 4 is 11.9 Å². The number of aromatic nitrogens is 1. The number of carboxylic acids is 1. The van der Waals surface area contributed by atoms with Crippen molar-refractivity contribution in [2.24, 2.45) is 5.29 Å². The Morgan fingerprint density at radius 3 is 2.86 bits per heavy atom. The number of nitrogens with zero attached hydrogens (tertiary/aromatic N) is 2. The van der Waals surface area contributed by atoms with Crippen LogP contribution in [0.5, 0.6) is 0 Å². The van der Waals surface area contributed by atoms with Crippen LogP contribution >= 0.6 is 0 Å². The Morgan fingerprint density at radius 2 is 2.24 bits per heavy atom. The van der Waals surface area contributed by atoms with E-state index in [0.717, 1.165) is 5.56 Å². The number of carbonyl (C=O) groups is 2. The first-order valence-corrected chi connectivity index (χ1v) is 6.50. The Hall–Kier alpha value is -2.51. The van der Waals surface area contributed by atoms with E-state index in [1.54, 1.807) is 24.5 Å². The summed E-state index contributed by atoms with van der Waals surface area (Å²) >= 11 is 0. The molecular weight excluding hydrogens is 278 g/mol. The Morgan fingerprint density at radius 1 is 1.43 bits per heavy atom. The Kier molecular flexibility index (Phi) is 7.41. The van der Waals surface area contributed by atoms with Crippen molar-refractivity contribution in [3.05, 3.63) is 35.0 Å². The molecule has 2 N–H and O–H groups in total. The number of ether oxygens (including phenoxy) is 1. The van der Waals surface area contributed by atoms with Crippen LogP contribution in [0.25, 0.3) is 0 Å². The zero-order valence-electron chi connectivity index (χ0n) is 11.4. The summed E-state index contributed by atoms with van der Waals surface area (Å²) in [6, 6.07) is 3.49. The van der Waals surface area contributed by atoms with Crippen molar-refractivity contribution in [2.45, 2.75) is 31.8 Å². The lowest BCUT2D eigenvalue weighted by molar-refractivity contribution is -0.152. The molecule has 0 spiro atoms. The van der Waals surface area contributed by atoms with Crippen molar-refractivity contribution in [1.29, 1.82) is 0 Å². The highest BCUT2D eigenvalue weighted by molar-refractivity contribution is 5.76. The minimum atomic E-state index is -1.05. The first kappa shape index (κ1) is 16.5. The molecule has 1 rings (SSSR count). The molecule has 0 fully saturated rings. The van der Waals surface area contributed by atoms with E-state index < -0.39 is 18.0 Å². The van der Waals surface area contributed by atoms with Crippen molar-refractivity contribution in [2.75, 3.05) is 6.54 Å². The zero-order chi connectivity index (χ0) is 15.5. The highest BCUT2D eigenvalue weighted by Gasteiger charge is 2.17. The number of aliphatic carboxylic acids is 1. The van der Waals surface area contributed by atoms with E-state index in [4.69, 9.17) is 9.84 Å². The molecule has 21 heavy (non-hydrogen) atoms. The van der Waals surface area contributed by atoms with Gasteiger partial charge in [0.2, 0.25) is 0 Å². The summed E-state index contributed by atoms with van der Waals surface area (Å²) < 4.78 is 5.29. The second kappa shape index (κ2) is 9.40. The van der Waals surface area contributed by atoms with Crippen molar-refractivity contribution in [3.63, 3.8) is 0 Å². The molecule has 0 aliphatic heterocycles. The van der Waals surface area contributed by atoms with Crippen LogP contribution in [0.15, 0.2) is 29.8 Å². The Labute approximate surface area is 121 Å². The maximum Gasteiger partial charge on any atom is 0.306 e. The predicted octanol–water partition coefficient (Wildman–Crippen LogP) is 1.58. The molecule has 0 bridgehead atoms. The summed E-state index contributed by atoms with van der Waals surface area (Å²) in [4.78, 5) is 36.0. The Bertz CT molecular complexity index is 466. The van der Waals surface area contributed by atoms with Gasteiger partial charge < -0.3 is 9.84 Å². The van der Waals surface area contributed by atoms with E-state index in [0.29, 0.717) is 19.4 Å². The average Bonchev–Trinajstić information content (AvgIpc) is 2.49. The second-order valence-corrected chi connectivity index (χ2v) is 4.30. The highest BCUT2D eigenvalue weighted by Crippen LogP contribution is 2.22. The standard InChI is InChI=1S/C13H17N3O5/c17-12(18)5-6-13(19)21-11(4-2-8-15-16-20)10-3-1-7-14-9-10/h1,3,7,9,11H,2,4-6,8H2,(H,15,20)(H,17,18). The maximum absolute atomic E-state index is 11.6. The van der Waals surface area contributed by atoms with Gasteiger partial charge in [-0.1, -0.05) is 6.07 Å². The average molecular weight is 295 g/mol. The summed E-state index contributed by atoms with van der Waals surface area (Å²) in [5.41, 5.74) is 3.01. The molecule has 8 heteroatoms. The maximum atomic E-state index is 11.6. The molecule has 0 aliphatic rings. The monoisotopic (exact) mass is 295 g/mol. The van der Waals surface area contributed by atoms with Crippen molar-refractivity contribution < 1.29 is 19.4 Å². The third kappa shape index (κ3) is 7.00. The summed E-state index contributed by atoms with van der Waals surface area (Å²) in [7, 11) is 0. The topological polar surface area (TPSA) is 118 Å². The van der Waals surface area contributed by atoms with Crippen LogP contribution in [0.1, 0.15) is 37.4 Å². The summed E-state index contributed by atoms with van der Waals surface area (Å²) in [6.45, 7) is 0.368. The van der Waals surface area contributed by atoms with Gasteiger partial charge in [0, 0.05) is 29.8 Å². The molecule has 0 aromatic carbocycles. The van der Waals surface area contributed by atoms with Crippen LogP contribution in [0.2, 0.25) is 0 Å². The number of esters is 1. The normalized spacial score (nSPS) is 11.4. The lowest BCUT2D eigenvalue weighted by Crippen LogP contribution is -2.15. The van der Waals surface area contributed by atoms with Gasteiger partial charge in [0.15, 0.2) is 0 Å². The molecule has 0 radical (unpaired) electrons. The molecule has 0 saturated carbocycles. The van der Waals surface area contributed by atoms with Crippen LogP contribution in [-0.2, 0) is 14.3 Å². The number of hydrogen-bond acceptors (Lipinski definition) is 6. The van der Waals surface area contributed by atoms with Gasteiger partial charge in [-0.25, -0.2) is 0 Å². The smallest absolute Gasteiger partial charge is 0.306 e. The summed E-state index contributed by atoms with van der Waals surface area (Å²) in [5, 5.41) is 11.1. The van der Waals surface area contributed by atoms with Crippen LogP contribution in [0.4, 0.5) is 0 Å². The summed E-state index contributed by atoms with van der Waals surface area (Å²) in [6.07, 6.45) is 3.26. The quantitative estimate of drug-likeness (QED) is 0.291. The minimum Gasteiger partial charge on any atom is -0.481 e. The fourth-order valence-electron chi connectivity index (χ4n) is 1.70. The first-order chi connectivity index (χ1) is 10.1. The van der Waals surface area contributed by atoms with Crippen molar-refractivity contribution in [3.8, 4) is 0 Å². The predicted molar refractivity (Wildman–Crippen MR) is 73.0 cm³/mol. The fourth-order valence-corrected chi connectivity index (χ4v) is 1.70. The van der Waals surface area contributed by atoms with Gasteiger partial charge in [0.05, 0.1) is 12.8 Å². The number of nitroso groups, excluding NO2 is 1. The molecule has 1 heterocycles. The largest absolute Gasteiger partial charge is 0.481 e. The van der Waals surface area contributed by atoms with Gasteiger partial charge in [-0.15, -0.1) is 4.91 Å². The van der Waals surface area contributed by atoms with Gasteiger partial charge in [0.1, 0.15) is 6.10 Å². The lowest BCUT2D eigenvalue weighted by atomic mass is 10.1. The number of carbonyl (C=O) groups excluding carboxylic acids is 1. The van der Waals surface area contributed by atoms with Crippen molar-refractivity contribution in [1.82, 2.24) is 10.4 Å².